The average Bonchev–Trinajstić information content (AvgIpc) is 2.43. The molecule has 0 saturated carbocycles. The fourth-order valence-electron chi connectivity index (χ4n) is 1.87. The van der Waals surface area contributed by atoms with Crippen molar-refractivity contribution in [2.45, 2.75) is 19.9 Å². The maximum atomic E-state index is 13.1. The molecule has 0 aromatic heterocycles. The third-order valence-electron chi connectivity index (χ3n) is 3.18. The van der Waals surface area contributed by atoms with Gasteiger partial charge in [-0.1, -0.05) is 6.92 Å². The van der Waals surface area contributed by atoms with E-state index < -0.39 is 5.82 Å². The minimum atomic E-state index is -0.494. The van der Waals surface area contributed by atoms with Crippen molar-refractivity contribution in [3.8, 4) is 0 Å². The third-order valence-corrected chi connectivity index (χ3v) is 3.18. The van der Waals surface area contributed by atoms with Crippen LogP contribution in [0.25, 0.3) is 0 Å². The maximum Gasteiger partial charge on any atom is 0.241 e. The van der Waals surface area contributed by atoms with E-state index in [0.717, 1.165) is 6.54 Å². The number of hydrogen-bond acceptors (Lipinski definition) is 4. The second-order valence-corrected chi connectivity index (χ2v) is 4.52. The number of rotatable bonds is 7. The highest BCUT2D eigenvalue weighted by Gasteiger charge is 2.19. The first kappa shape index (κ1) is 16.4. The Morgan fingerprint density at radius 2 is 2.25 bits per heavy atom. The number of nitrogen functional groups attached to an aromatic ring is 1. The van der Waals surface area contributed by atoms with Crippen molar-refractivity contribution in [2.24, 2.45) is 0 Å². The highest BCUT2D eigenvalue weighted by molar-refractivity contribution is 5.94. The smallest absolute Gasteiger partial charge is 0.241 e. The monoisotopic (exact) mass is 283 g/mol. The van der Waals surface area contributed by atoms with Gasteiger partial charge in [-0.3, -0.25) is 9.69 Å². The van der Waals surface area contributed by atoms with Gasteiger partial charge >= 0.3 is 0 Å². The van der Waals surface area contributed by atoms with Crippen LogP contribution in [0.2, 0.25) is 0 Å². The molecular weight excluding hydrogens is 261 g/mol. The summed E-state index contributed by atoms with van der Waals surface area (Å²) in [6, 6.07) is 3.83. The molecular formula is C14H22FN3O2. The quantitative estimate of drug-likeness (QED) is 0.747. The Balaban J connectivity index is 2.66. The molecule has 0 aliphatic carbocycles. The van der Waals surface area contributed by atoms with Gasteiger partial charge in [0.1, 0.15) is 5.82 Å². The Kier molecular flexibility index (Phi) is 6.41. The summed E-state index contributed by atoms with van der Waals surface area (Å²) in [5.74, 6) is -0.653. The number of halogens is 1. The van der Waals surface area contributed by atoms with Crippen LogP contribution < -0.4 is 11.1 Å². The molecule has 0 radical (unpaired) electrons. The zero-order valence-electron chi connectivity index (χ0n) is 12.1. The molecule has 20 heavy (non-hydrogen) atoms. The molecule has 3 N–H and O–H groups in total. The molecule has 1 unspecified atom stereocenters. The number of amides is 1. The van der Waals surface area contributed by atoms with Crippen molar-refractivity contribution in [2.75, 3.05) is 37.9 Å². The first-order valence-electron chi connectivity index (χ1n) is 6.58. The Morgan fingerprint density at radius 1 is 1.55 bits per heavy atom. The Hall–Kier alpha value is -1.66. The highest BCUT2D eigenvalue weighted by atomic mass is 19.1. The van der Waals surface area contributed by atoms with Gasteiger partial charge in [0, 0.05) is 19.3 Å². The number of likely N-dealkylation sites (N-methyl/N-ethyl adjacent to an activating group) is 1. The minimum absolute atomic E-state index is 0.0159. The average molecular weight is 283 g/mol. The fraction of sp³-hybridized carbons (Fsp3) is 0.500. The van der Waals surface area contributed by atoms with Crippen LogP contribution >= 0.6 is 0 Å². The summed E-state index contributed by atoms with van der Waals surface area (Å²) in [4.78, 5) is 14.1. The number of methoxy groups -OCH3 is 1. The van der Waals surface area contributed by atoms with Gasteiger partial charge in [0.05, 0.1) is 18.3 Å². The normalized spacial score (nSPS) is 12.4. The molecule has 0 aliphatic heterocycles. The number of carbonyl (C=O) groups is 1. The summed E-state index contributed by atoms with van der Waals surface area (Å²) in [5.41, 5.74) is 5.98. The fourth-order valence-corrected chi connectivity index (χ4v) is 1.87. The van der Waals surface area contributed by atoms with Gasteiger partial charge in [-0.25, -0.2) is 4.39 Å². The lowest BCUT2D eigenvalue weighted by Crippen LogP contribution is -2.43. The van der Waals surface area contributed by atoms with E-state index >= 15 is 0 Å². The summed E-state index contributed by atoms with van der Waals surface area (Å²) in [5, 5.41) is 2.73. The standard InChI is InChI=1S/C14H22FN3O2/c1-4-18(7-8-20-3)10(2)14(19)17-11-5-6-12(15)13(16)9-11/h5-6,9-10H,4,7-8,16H2,1-3H3,(H,17,19). The van der Waals surface area contributed by atoms with Gasteiger partial charge in [-0.15, -0.1) is 0 Å². The number of nitrogens with two attached hydrogens (primary N) is 1. The summed E-state index contributed by atoms with van der Waals surface area (Å²) < 4.78 is 18.1. The molecule has 1 rings (SSSR count). The lowest BCUT2D eigenvalue weighted by molar-refractivity contribution is -0.120. The zero-order chi connectivity index (χ0) is 15.1. The van der Waals surface area contributed by atoms with Crippen LogP contribution in [0.3, 0.4) is 0 Å². The van der Waals surface area contributed by atoms with E-state index in [1.807, 2.05) is 18.7 Å². The Morgan fingerprint density at radius 3 is 2.80 bits per heavy atom. The first-order chi connectivity index (χ1) is 9.49. The topological polar surface area (TPSA) is 67.6 Å². The van der Waals surface area contributed by atoms with Crippen LogP contribution in [0.1, 0.15) is 13.8 Å². The van der Waals surface area contributed by atoms with E-state index in [1.165, 1.54) is 18.2 Å². The number of benzene rings is 1. The molecule has 1 aromatic rings. The number of nitrogens with one attached hydrogen (secondary N) is 1. The highest BCUT2D eigenvalue weighted by Crippen LogP contribution is 2.16. The van der Waals surface area contributed by atoms with E-state index in [-0.39, 0.29) is 17.6 Å². The van der Waals surface area contributed by atoms with Crippen molar-refractivity contribution < 1.29 is 13.9 Å². The van der Waals surface area contributed by atoms with Crippen molar-refractivity contribution in [1.82, 2.24) is 4.90 Å². The van der Waals surface area contributed by atoms with Gasteiger partial charge in [-0.05, 0) is 31.7 Å². The van der Waals surface area contributed by atoms with Crippen LogP contribution in [0.4, 0.5) is 15.8 Å². The molecule has 0 spiro atoms. The van der Waals surface area contributed by atoms with Crippen molar-refractivity contribution in [1.29, 1.82) is 0 Å². The van der Waals surface area contributed by atoms with Gasteiger partial charge < -0.3 is 15.8 Å². The summed E-state index contributed by atoms with van der Waals surface area (Å²) in [7, 11) is 1.62. The molecule has 0 aliphatic rings. The second-order valence-electron chi connectivity index (χ2n) is 4.52. The van der Waals surface area contributed by atoms with Crippen LogP contribution in [-0.2, 0) is 9.53 Å². The lowest BCUT2D eigenvalue weighted by Gasteiger charge is -2.26. The molecule has 0 bridgehead atoms. The first-order valence-corrected chi connectivity index (χ1v) is 6.58. The molecule has 1 atom stereocenters. The van der Waals surface area contributed by atoms with Crippen LogP contribution in [-0.4, -0.2) is 43.7 Å². The summed E-state index contributed by atoms with van der Waals surface area (Å²) >= 11 is 0. The molecule has 0 fully saturated rings. The number of anilines is 2. The van der Waals surface area contributed by atoms with Crippen molar-refractivity contribution in [3.05, 3.63) is 24.0 Å². The van der Waals surface area contributed by atoms with E-state index in [4.69, 9.17) is 10.5 Å². The predicted molar refractivity (Wildman–Crippen MR) is 78.0 cm³/mol. The SMILES string of the molecule is CCN(CCOC)C(C)C(=O)Nc1ccc(F)c(N)c1. The van der Waals surface area contributed by atoms with E-state index in [2.05, 4.69) is 5.32 Å². The molecule has 1 amide bonds. The third kappa shape index (κ3) is 4.47. The van der Waals surface area contributed by atoms with E-state index in [1.54, 1.807) is 7.11 Å². The van der Waals surface area contributed by atoms with Gasteiger partial charge in [0.2, 0.25) is 5.91 Å². The number of carbonyl (C=O) groups excluding carboxylic acids is 1. The van der Waals surface area contributed by atoms with Gasteiger partial charge in [0.15, 0.2) is 0 Å². The zero-order valence-corrected chi connectivity index (χ0v) is 12.1. The number of ether oxygens (including phenoxy) is 1. The van der Waals surface area contributed by atoms with Crippen LogP contribution in [0.15, 0.2) is 18.2 Å². The summed E-state index contributed by atoms with van der Waals surface area (Å²) in [6.07, 6.45) is 0. The predicted octanol–water partition coefficient (Wildman–Crippen LogP) is 1.70. The Bertz CT molecular complexity index is 454. The Labute approximate surface area is 118 Å². The van der Waals surface area contributed by atoms with Crippen molar-refractivity contribution in [3.63, 3.8) is 0 Å². The van der Waals surface area contributed by atoms with E-state index in [9.17, 15) is 9.18 Å². The molecule has 0 heterocycles. The van der Waals surface area contributed by atoms with Crippen LogP contribution in [0.5, 0.6) is 0 Å². The molecule has 6 heteroatoms. The van der Waals surface area contributed by atoms with Crippen molar-refractivity contribution >= 4 is 17.3 Å². The second kappa shape index (κ2) is 7.81. The summed E-state index contributed by atoms with van der Waals surface area (Å²) in [6.45, 7) is 5.78. The number of nitrogens with zero attached hydrogens (tertiary/aromatic N) is 1. The molecule has 1 aromatic carbocycles. The molecule has 112 valence electrons. The van der Waals surface area contributed by atoms with Gasteiger partial charge in [-0.2, -0.15) is 0 Å². The number of hydrogen-bond donors (Lipinski definition) is 2. The minimum Gasteiger partial charge on any atom is -0.396 e. The molecule has 0 saturated heterocycles. The van der Waals surface area contributed by atoms with Crippen LogP contribution in [0, 0.1) is 5.82 Å². The largest absolute Gasteiger partial charge is 0.396 e. The molecule has 5 nitrogen and oxygen atoms in total. The van der Waals surface area contributed by atoms with E-state index in [0.29, 0.717) is 18.8 Å². The maximum absolute atomic E-state index is 13.1. The van der Waals surface area contributed by atoms with Gasteiger partial charge in [0.25, 0.3) is 0 Å². The lowest BCUT2D eigenvalue weighted by atomic mass is 10.2.